The van der Waals surface area contributed by atoms with E-state index in [0.717, 1.165) is 11.2 Å². The molecule has 0 spiro atoms. The number of nitrogens with zero attached hydrogens (tertiary/aromatic N) is 3. The quantitative estimate of drug-likeness (QED) is 0.685. The smallest absolute Gasteiger partial charge is 0.269 e. The fourth-order valence-corrected chi connectivity index (χ4v) is 1.56. The summed E-state index contributed by atoms with van der Waals surface area (Å²) < 4.78 is 1.06. The summed E-state index contributed by atoms with van der Waals surface area (Å²) in [5.41, 5.74) is 0.332. The molecular formula is C12H15N5O2. The van der Waals surface area contributed by atoms with E-state index in [2.05, 4.69) is 15.7 Å². The summed E-state index contributed by atoms with van der Waals surface area (Å²) in [5.74, 6) is 0.300. The van der Waals surface area contributed by atoms with Crippen molar-refractivity contribution in [3.8, 4) is 6.07 Å². The molecule has 1 aliphatic carbocycles. The minimum Gasteiger partial charge on any atom is -0.383 e. The molecule has 0 radical (unpaired) electrons. The number of carbonyl (C=O) groups is 1. The van der Waals surface area contributed by atoms with Gasteiger partial charge >= 0.3 is 0 Å². The Morgan fingerprint density at radius 3 is 3.00 bits per heavy atom. The molecule has 1 saturated carbocycles. The van der Waals surface area contributed by atoms with Crippen molar-refractivity contribution in [1.29, 1.82) is 5.26 Å². The maximum absolute atomic E-state index is 11.7. The highest BCUT2D eigenvalue weighted by atomic mass is 16.2. The Morgan fingerprint density at radius 1 is 1.58 bits per heavy atom. The van der Waals surface area contributed by atoms with Crippen molar-refractivity contribution in [2.45, 2.75) is 19.4 Å². The van der Waals surface area contributed by atoms with Gasteiger partial charge in [0.15, 0.2) is 0 Å². The van der Waals surface area contributed by atoms with E-state index in [9.17, 15) is 9.59 Å². The van der Waals surface area contributed by atoms with Crippen LogP contribution in [0.1, 0.15) is 12.8 Å². The standard InChI is InChI=1S/C12H15N5O2/c13-3-4-14-11(18)8-17-12(19)5-10(7-16-17)15-6-9-1-2-9/h5,7,9,15H,1-2,4,6,8H2,(H,14,18). The van der Waals surface area contributed by atoms with Gasteiger partial charge in [-0.05, 0) is 18.8 Å². The topological polar surface area (TPSA) is 99.8 Å². The molecule has 1 heterocycles. The molecule has 1 fully saturated rings. The predicted octanol–water partition coefficient (Wildman–Crippen LogP) is -0.295. The van der Waals surface area contributed by atoms with Gasteiger partial charge in [0.05, 0.1) is 18.0 Å². The Labute approximate surface area is 110 Å². The van der Waals surface area contributed by atoms with E-state index < -0.39 is 5.91 Å². The van der Waals surface area contributed by atoms with E-state index in [-0.39, 0.29) is 18.6 Å². The number of nitrogens with one attached hydrogen (secondary N) is 2. The molecule has 0 bridgehead atoms. The van der Waals surface area contributed by atoms with E-state index in [1.54, 1.807) is 6.07 Å². The third kappa shape index (κ3) is 4.10. The second-order valence-electron chi connectivity index (χ2n) is 4.50. The number of hydrogen-bond donors (Lipinski definition) is 2. The summed E-state index contributed by atoms with van der Waals surface area (Å²) in [5, 5.41) is 17.7. The number of hydrogen-bond acceptors (Lipinski definition) is 5. The van der Waals surface area contributed by atoms with Crippen molar-refractivity contribution in [3.05, 3.63) is 22.6 Å². The van der Waals surface area contributed by atoms with E-state index in [4.69, 9.17) is 5.26 Å². The molecule has 2 N–H and O–H groups in total. The summed E-state index contributed by atoms with van der Waals surface area (Å²) >= 11 is 0. The van der Waals surface area contributed by atoms with Crippen molar-refractivity contribution in [2.75, 3.05) is 18.4 Å². The second kappa shape index (κ2) is 6.00. The molecule has 1 aromatic heterocycles. The highest BCUT2D eigenvalue weighted by molar-refractivity contribution is 5.75. The van der Waals surface area contributed by atoms with Crippen LogP contribution in [-0.4, -0.2) is 28.8 Å². The Bertz CT molecular complexity index is 556. The molecule has 19 heavy (non-hydrogen) atoms. The summed E-state index contributed by atoms with van der Waals surface area (Å²) in [4.78, 5) is 23.1. The molecule has 0 aliphatic heterocycles. The molecule has 0 saturated heterocycles. The number of amides is 1. The number of carbonyl (C=O) groups excluding carboxylic acids is 1. The van der Waals surface area contributed by atoms with Crippen molar-refractivity contribution < 1.29 is 4.79 Å². The van der Waals surface area contributed by atoms with Gasteiger partial charge in [0.1, 0.15) is 13.1 Å². The normalized spacial score (nSPS) is 13.6. The van der Waals surface area contributed by atoms with Crippen LogP contribution in [0.4, 0.5) is 5.69 Å². The minimum atomic E-state index is -0.408. The lowest BCUT2D eigenvalue weighted by Gasteiger charge is -2.07. The zero-order valence-electron chi connectivity index (χ0n) is 10.4. The summed E-state index contributed by atoms with van der Waals surface area (Å²) in [6, 6.07) is 3.22. The molecule has 1 aromatic rings. The molecule has 0 unspecified atom stereocenters. The fourth-order valence-electron chi connectivity index (χ4n) is 1.56. The van der Waals surface area contributed by atoms with Gasteiger partial charge in [0, 0.05) is 12.6 Å². The van der Waals surface area contributed by atoms with Gasteiger partial charge in [-0.25, -0.2) is 4.68 Å². The Morgan fingerprint density at radius 2 is 2.37 bits per heavy atom. The predicted molar refractivity (Wildman–Crippen MR) is 68.3 cm³/mol. The first-order chi connectivity index (χ1) is 9.19. The van der Waals surface area contributed by atoms with Crippen molar-refractivity contribution in [3.63, 3.8) is 0 Å². The number of rotatable bonds is 6. The largest absolute Gasteiger partial charge is 0.383 e. The van der Waals surface area contributed by atoms with Gasteiger partial charge in [-0.1, -0.05) is 0 Å². The van der Waals surface area contributed by atoms with Gasteiger partial charge in [-0.3, -0.25) is 9.59 Å². The molecule has 0 atom stereocenters. The molecule has 7 nitrogen and oxygen atoms in total. The van der Waals surface area contributed by atoms with Crippen LogP contribution in [-0.2, 0) is 11.3 Å². The first kappa shape index (κ1) is 13.1. The summed E-state index contributed by atoms with van der Waals surface area (Å²) in [6.45, 7) is 0.603. The third-order valence-electron chi connectivity index (χ3n) is 2.82. The summed E-state index contributed by atoms with van der Waals surface area (Å²) in [7, 11) is 0. The zero-order chi connectivity index (χ0) is 13.7. The van der Waals surface area contributed by atoms with Gasteiger partial charge in [-0.2, -0.15) is 10.4 Å². The van der Waals surface area contributed by atoms with Gasteiger partial charge in [0.25, 0.3) is 5.56 Å². The molecule has 0 aromatic carbocycles. The Balaban J connectivity index is 1.92. The molecular weight excluding hydrogens is 246 g/mol. The molecule has 1 aliphatic rings. The Hall–Kier alpha value is -2.36. The Kier molecular flexibility index (Phi) is 4.13. The van der Waals surface area contributed by atoms with Crippen LogP contribution in [0.5, 0.6) is 0 Å². The van der Waals surface area contributed by atoms with Crippen LogP contribution in [0.2, 0.25) is 0 Å². The van der Waals surface area contributed by atoms with Gasteiger partial charge < -0.3 is 10.6 Å². The van der Waals surface area contributed by atoms with Crippen molar-refractivity contribution >= 4 is 11.6 Å². The number of anilines is 1. The number of aromatic nitrogens is 2. The lowest BCUT2D eigenvalue weighted by molar-refractivity contribution is -0.121. The highest BCUT2D eigenvalue weighted by Crippen LogP contribution is 2.28. The van der Waals surface area contributed by atoms with Crippen LogP contribution < -0.4 is 16.2 Å². The average Bonchev–Trinajstić information content (AvgIpc) is 3.21. The number of nitriles is 1. The molecule has 100 valence electrons. The van der Waals surface area contributed by atoms with E-state index in [1.165, 1.54) is 25.1 Å². The van der Waals surface area contributed by atoms with Gasteiger partial charge in [0.2, 0.25) is 5.91 Å². The second-order valence-corrected chi connectivity index (χ2v) is 4.50. The molecule has 1 amide bonds. The maximum Gasteiger partial charge on any atom is 0.269 e. The molecule has 7 heteroatoms. The SMILES string of the molecule is N#CCNC(=O)Cn1ncc(NCC2CC2)cc1=O. The first-order valence-electron chi connectivity index (χ1n) is 6.13. The van der Waals surface area contributed by atoms with Crippen LogP contribution in [0, 0.1) is 17.2 Å². The maximum atomic E-state index is 11.7. The monoisotopic (exact) mass is 261 g/mol. The zero-order valence-corrected chi connectivity index (χ0v) is 10.4. The van der Waals surface area contributed by atoms with Gasteiger partial charge in [-0.15, -0.1) is 0 Å². The first-order valence-corrected chi connectivity index (χ1v) is 6.13. The van der Waals surface area contributed by atoms with Crippen molar-refractivity contribution in [2.24, 2.45) is 5.92 Å². The van der Waals surface area contributed by atoms with Crippen LogP contribution in [0.3, 0.4) is 0 Å². The highest BCUT2D eigenvalue weighted by Gasteiger charge is 2.20. The minimum absolute atomic E-state index is 0.0748. The third-order valence-corrected chi connectivity index (χ3v) is 2.82. The van der Waals surface area contributed by atoms with Crippen LogP contribution in [0.15, 0.2) is 17.1 Å². The lowest BCUT2D eigenvalue weighted by atomic mass is 10.4. The average molecular weight is 261 g/mol. The van der Waals surface area contributed by atoms with E-state index >= 15 is 0 Å². The van der Waals surface area contributed by atoms with Crippen LogP contribution in [0.25, 0.3) is 0 Å². The summed E-state index contributed by atoms with van der Waals surface area (Å²) in [6.07, 6.45) is 3.99. The lowest BCUT2D eigenvalue weighted by Crippen LogP contribution is -2.33. The van der Waals surface area contributed by atoms with Crippen molar-refractivity contribution in [1.82, 2.24) is 15.1 Å². The fraction of sp³-hybridized carbons (Fsp3) is 0.500. The van der Waals surface area contributed by atoms with E-state index in [1.807, 2.05) is 0 Å². The van der Waals surface area contributed by atoms with E-state index in [0.29, 0.717) is 11.6 Å². The molecule has 2 rings (SSSR count). The van der Waals surface area contributed by atoms with Crippen LogP contribution >= 0.6 is 0 Å².